The third-order valence-electron chi connectivity index (χ3n) is 2.04. The Hall–Kier alpha value is -0.490. The minimum absolute atomic E-state index is 0.807. The summed E-state index contributed by atoms with van der Waals surface area (Å²) in [6, 6.07) is 0. The van der Waals surface area contributed by atoms with Crippen molar-refractivity contribution < 1.29 is 0 Å². The summed E-state index contributed by atoms with van der Waals surface area (Å²) in [6.45, 7) is 4.20. The highest BCUT2D eigenvalue weighted by Crippen LogP contribution is 2.04. The summed E-state index contributed by atoms with van der Waals surface area (Å²) in [5, 5.41) is 0. The predicted molar refractivity (Wildman–Crippen MR) is 71.5 cm³/mol. The molecule has 0 saturated heterocycles. The molecule has 86 valence electrons. The second kappa shape index (κ2) is 11.6. The van der Waals surface area contributed by atoms with Gasteiger partial charge in [-0.25, -0.2) is 0 Å². The van der Waals surface area contributed by atoms with E-state index in [1.54, 1.807) is 0 Å². The van der Waals surface area contributed by atoms with E-state index in [1.807, 2.05) is 0 Å². The molecule has 0 aliphatic rings. The molecule has 0 fully saturated rings. The summed E-state index contributed by atoms with van der Waals surface area (Å²) >= 11 is 5.60. The molecule has 0 saturated carbocycles. The summed E-state index contributed by atoms with van der Waals surface area (Å²) in [7, 11) is 0. The van der Waals surface area contributed by atoms with Crippen molar-refractivity contribution in [3.63, 3.8) is 0 Å². The van der Waals surface area contributed by atoms with Gasteiger partial charge in [0, 0.05) is 5.88 Å². The van der Waals surface area contributed by atoms with Crippen LogP contribution in [0.15, 0.2) is 36.0 Å². The number of hydrogen-bond acceptors (Lipinski definition) is 0. The van der Waals surface area contributed by atoms with Crippen LogP contribution in [-0.2, 0) is 0 Å². The Morgan fingerprint density at radius 2 is 1.67 bits per heavy atom. The molecule has 0 aromatic heterocycles. The lowest BCUT2D eigenvalue weighted by atomic mass is 10.1. The fraction of sp³-hybridized carbons (Fsp3) is 0.571. The van der Waals surface area contributed by atoms with Gasteiger partial charge < -0.3 is 0 Å². The zero-order valence-corrected chi connectivity index (χ0v) is 10.8. The fourth-order valence-electron chi connectivity index (χ4n) is 1.20. The Bertz CT molecular complexity index is 207. The largest absolute Gasteiger partial charge is 0.127 e. The first-order valence-corrected chi connectivity index (χ1v) is 6.33. The zero-order chi connectivity index (χ0) is 11.4. The SMILES string of the molecule is CC(C)=CC=CC=CCCCCCCCl. The molecule has 15 heavy (non-hydrogen) atoms. The van der Waals surface area contributed by atoms with Gasteiger partial charge in [0.05, 0.1) is 0 Å². The molecule has 1 heteroatoms. The number of alkyl halides is 1. The smallest absolute Gasteiger partial charge is 0.0223 e. The molecule has 0 nitrogen and oxygen atoms in total. The van der Waals surface area contributed by atoms with E-state index in [9.17, 15) is 0 Å². The summed E-state index contributed by atoms with van der Waals surface area (Å²) in [4.78, 5) is 0. The molecule has 0 rings (SSSR count). The van der Waals surface area contributed by atoms with E-state index in [1.165, 1.54) is 31.3 Å². The van der Waals surface area contributed by atoms with Gasteiger partial charge in [0.2, 0.25) is 0 Å². The van der Waals surface area contributed by atoms with Crippen LogP contribution >= 0.6 is 11.6 Å². The summed E-state index contributed by atoms with van der Waals surface area (Å²) < 4.78 is 0. The molecule has 0 bridgehead atoms. The first kappa shape index (κ1) is 14.5. The summed E-state index contributed by atoms with van der Waals surface area (Å²) in [5.41, 5.74) is 1.33. The molecule has 0 aliphatic heterocycles. The molecule has 0 aromatic carbocycles. The third-order valence-corrected chi connectivity index (χ3v) is 2.31. The predicted octanol–water partition coefficient (Wildman–Crippen LogP) is 5.25. The van der Waals surface area contributed by atoms with Crippen molar-refractivity contribution in [3.05, 3.63) is 36.0 Å². The maximum Gasteiger partial charge on any atom is 0.0223 e. The standard InChI is InChI=1S/C14H23Cl/c1-14(2)12-10-8-6-4-3-5-7-9-11-13-15/h4,6,8,10,12H,3,5,7,9,11,13H2,1-2H3. The quantitative estimate of drug-likeness (QED) is 0.301. The molecular weight excluding hydrogens is 204 g/mol. The highest BCUT2D eigenvalue weighted by molar-refractivity contribution is 6.17. The zero-order valence-electron chi connectivity index (χ0n) is 10.0. The number of rotatable bonds is 8. The maximum atomic E-state index is 5.60. The Morgan fingerprint density at radius 3 is 2.33 bits per heavy atom. The normalized spacial score (nSPS) is 11.4. The Kier molecular flexibility index (Phi) is 11.2. The second-order valence-corrected chi connectivity index (χ2v) is 4.33. The summed E-state index contributed by atoms with van der Waals surface area (Å²) in [6.07, 6.45) is 16.8. The highest BCUT2D eigenvalue weighted by Gasteiger charge is 1.86. The van der Waals surface area contributed by atoms with Crippen LogP contribution in [0.1, 0.15) is 46.0 Å². The molecule has 0 heterocycles. The van der Waals surface area contributed by atoms with Gasteiger partial charge >= 0.3 is 0 Å². The number of hydrogen-bond donors (Lipinski definition) is 0. The Balaban J connectivity index is 3.31. The van der Waals surface area contributed by atoms with Gasteiger partial charge in [-0.2, -0.15) is 0 Å². The third kappa shape index (κ3) is 13.5. The number of unbranched alkanes of at least 4 members (excludes halogenated alkanes) is 4. The fourth-order valence-corrected chi connectivity index (χ4v) is 1.39. The highest BCUT2D eigenvalue weighted by atomic mass is 35.5. The van der Waals surface area contributed by atoms with Crippen LogP contribution in [0.3, 0.4) is 0 Å². The molecule has 0 unspecified atom stereocenters. The van der Waals surface area contributed by atoms with Crippen LogP contribution in [0.2, 0.25) is 0 Å². The Morgan fingerprint density at radius 1 is 0.933 bits per heavy atom. The van der Waals surface area contributed by atoms with E-state index >= 15 is 0 Å². The average molecular weight is 227 g/mol. The molecule has 0 N–H and O–H groups in total. The van der Waals surface area contributed by atoms with Crippen molar-refractivity contribution in [2.45, 2.75) is 46.0 Å². The molecule has 0 atom stereocenters. The molecule has 0 aromatic rings. The van der Waals surface area contributed by atoms with Crippen molar-refractivity contribution >= 4 is 11.6 Å². The average Bonchev–Trinajstić information content (AvgIpc) is 2.20. The monoisotopic (exact) mass is 226 g/mol. The maximum absolute atomic E-state index is 5.60. The van der Waals surface area contributed by atoms with E-state index in [4.69, 9.17) is 11.6 Å². The van der Waals surface area contributed by atoms with Gasteiger partial charge in [0.25, 0.3) is 0 Å². The van der Waals surface area contributed by atoms with Crippen LogP contribution in [-0.4, -0.2) is 5.88 Å². The van der Waals surface area contributed by atoms with Crippen LogP contribution in [0.25, 0.3) is 0 Å². The van der Waals surface area contributed by atoms with Crippen LogP contribution < -0.4 is 0 Å². The van der Waals surface area contributed by atoms with Crippen molar-refractivity contribution in [2.75, 3.05) is 5.88 Å². The van der Waals surface area contributed by atoms with Gasteiger partial charge in [-0.1, -0.05) is 48.8 Å². The van der Waals surface area contributed by atoms with Crippen LogP contribution in [0.4, 0.5) is 0 Å². The van der Waals surface area contributed by atoms with Crippen molar-refractivity contribution in [1.82, 2.24) is 0 Å². The van der Waals surface area contributed by atoms with Gasteiger partial charge in [-0.3, -0.25) is 0 Å². The first-order valence-electron chi connectivity index (χ1n) is 5.80. The van der Waals surface area contributed by atoms with Gasteiger partial charge in [-0.15, -0.1) is 11.6 Å². The van der Waals surface area contributed by atoms with Crippen molar-refractivity contribution in [3.8, 4) is 0 Å². The molecule has 0 radical (unpaired) electrons. The first-order chi connectivity index (χ1) is 7.27. The second-order valence-electron chi connectivity index (χ2n) is 3.95. The van der Waals surface area contributed by atoms with Gasteiger partial charge in [-0.05, 0) is 33.1 Å². The Labute approximate surface area is 99.7 Å². The van der Waals surface area contributed by atoms with Gasteiger partial charge in [0.1, 0.15) is 0 Å². The minimum atomic E-state index is 0.807. The van der Waals surface area contributed by atoms with Gasteiger partial charge in [0.15, 0.2) is 0 Å². The van der Waals surface area contributed by atoms with Crippen LogP contribution in [0, 0.1) is 0 Å². The van der Waals surface area contributed by atoms with E-state index in [2.05, 4.69) is 44.2 Å². The lowest BCUT2D eigenvalue weighted by Gasteiger charge is -1.94. The summed E-state index contributed by atoms with van der Waals surface area (Å²) in [5.74, 6) is 0.807. The minimum Gasteiger partial charge on any atom is -0.127 e. The van der Waals surface area contributed by atoms with Crippen molar-refractivity contribution in [1.29, 1.82) is 0 Å². The topological polar surface area (TPSA) is 0 Å². The number of allylic oxidation sites excluding steroid dienone is 6. The number of halogens is 1. The molecular formula is C14H23Cl. The van der Waals surface area contributed by atoms with E-state index in [-0.39, 0.29) is 0 Å². The molecule has 0 aliphatic carbocycles. The molecule has 0 spiro atoms. The lowest BCUT2D eigenvalue weighted by molar-refractivity contribution is 0.677. The van der Waals surface area contributed by atoms with E-state index < -0.39 is 0 Å². The van der Waals surface area contributed by atoms with Crippen molar-refractivity contribution in [2.24, 2.45) is 0 Å². The van der Waals surface area contributed by atoms with E-state index in [0.29, 0.717) is 0 Å². The van der Waals surface area contributed by atoms with E-state index in [0.717, 1.165) is 12.3 Å². The lowest BCUT2D eigenvalue weighted by Crippen LogP contribution is -1.77. The molecule has 0 amide bonds. The van der Waals surface area contributed by atoms with Crippen LogP contribution in [0.5, 0.6) is 0 Å².